The lowest BCUT2D eigenvalue weighted by Gasteiger charge is -2.50. The van der Waals surface area contributed by atoms with Crippen LogP contribution in [0.3, 0.4) is 0 Å². The normalized spacial score (nSPS) is 31.4. The standard InChI is InChI=1S/C19H26N2/c1-2-8-16(9-3-1)19-15-20-13-7-6-12-18(20)14-21(19)17-10-4-5-11-17/h1-5,8-9,17-19H,6-7,10-15H2. The molecular weight excluding hydrogens is 256 g/mol. The third-order valence-corrected chi connectivity index (χ3v) is 5.61. The van der Waals surface area contributed by atoms with Crippen LogP contribution in [0, 0.1) is 0 Å². The molecule has 0 saturated carbocycles. The van der Waals surface area contributed by atoms with Crippen molar-refractivity contribution in [2.75, 3.05) is 19.6 Å². The van der Waals surface area contributed by atoms with E-state index >= 15 is 0 Å². The average molecular weight is 282 g/mol. The van der Waals surface area contributed by atoms with Crippen LogP contribution in [0.1, 0.15) is 43.7 Å². The zero-order valence-corrected chi connectivity index (χ0v) is 12.8. The maximum Gasteiger partial charge on any atom is 0.0479 e. The van der Waals surface area contributed by atoms with Crippen LogP contribution in [0.2, 0.25) is 0 Å². The van der Waals surface area contributed by atoms with Crippen molar-refractivity contribution in [2.24, 2.45) is 0 Å². The van der Waals surface area contributed by atoms with Gasteiger partial charge in [-0.3, -0.25) is 9.80 Å². The predicted octanol–water partition coefficient (Wildman–Crippen LogP) is 3.62. The highest BCUT2D eigenvalue weighted by Gasteiger charge is 2.38. The van der Waals surface area contributed by atoms with Gasteiger partial charge in [0, 0.05) is 31.2 Å². The molecule has 1 aromatic rings. The van der Waals surface area contributed by atoms with Gasteiger partial charge in [0.15, 0.2) is 0 Å². The van der Waals surface area contributed by atoms with E-state index in [1.165, 1.54) is 57.3 Å². The van der Waals surface area contributed by atoms with Gasteiger partial charge in [-0.1, -0.05) is 48.9 Å². The van der Waals surface area contributed by atoms with Gasteiger partial charge in [-0.05, 0) is 37.8 Å². The second kappa shape index (κ2) is 5.94. The molecule has 21 heavy (non-hydrogen) atoms. The first kappa shape index (κ1) is 13.5. The van der Waals surface area contributed by atoms with Gasteiger partial charge in [0.2, 0.25) is 0 Å². The molecule has 2 fully saturated rings. The minimum Gasteiger partial charge on any atom is -0.297 e. The van der Waals surface area contributed by atoms with E-state index in [9.17, 15) is 0 Å². The first-order chi connectivity index (χ1) is 10.4. The molecule has 2 nitrogen and oxygen atoms in total. The molecule has 2 heterocycles. The summed E-state index contributed by atoms with van der Waals surface area (Å²) in [4.78, 5) is 5.59. The first-order valence-electron chi connectivity index (χ1n) is 8.61. The topological polar surface area (TPSA) is 6.48 Å². The van der Waals surface area contributed by atoms with Crippen LogP contribution in [0.15, 0.2) is 42.5 Å². The van der Waals surface area contributed by atoms with Crippen LogP contribution in [0.4, 0.5) is 0 Å². The van der Waals surface area contributed by atoms with Gasteiger partial charge >= 0.3 is 0 Å². The largest absolute Gasteiger partial charge is 0.297 e. The van der Waals surface area contributed by atoms with Crippen LogP contribution >= 0.6 is 0 Å². The molecule has 2 aliphatic heterocycles. The summed E-state index contributed by atoms with van der Waals surface area (Å²) in [5.74, 6) is 0. The number of benzene rings is 1. The Balaban J connectivity index is 1.60. The van der Waals surface area contributed by atoms with E-state index in [4.69, 9.17) is 0 Å². The van der Waals surface area contributed by atoms with Crippen molar-refractivity contribution in [3.05, 3.63) is 48.0 Å². The molecule has 0 aromatic heterocycles. The summed E-state index contributed by atoms with van der Waals surface area (Å²) in [7, 11) is 0. The Morgan fingerprint density at radius 3 is 2.48 bits per heavy atom. The summed E-state index contributed by atoms with van der Waals surface area (Å²) in [6, 6.07) is 13.3. The number of rotatable bonds is 2. The number of piperazine rings is 1. The van der Waals surface area contributed by atoms with Gasteiger partial charge < -0.3 is 0 Å². The van der Waals surface area contributed by atoms with Crippen LogP contribution in [-0.2, 0) is 0 Å². The summed E-state index contributed by atoms with van der Waals surface area (Å²) in [6.07, 6.45) is 11.5. The maximum atomic E-state index is 2.82. The summed E-state index contributed by atoms with van der Waals surface area (Å²) in [5.41, 5.74) is 1.51. The molecule has 112 valence electrons. The van der Waals surface area contributed by atoms with Gasteiger partial charge in [0.05, 0.1) is 0 Å². The molecule has 2 unspecified atom stereocenters. The lowest BCUT2D eigenvalue weighted by molar-refractivity contribution is -0.0128. The summed E-state index contributed by atoms with van der Waals surface area (Å²) < 4.78 is 0. The fraction of sp³-hybridized carbons (Fsp3) is 0.579. The molecule has 1 aliphatic carbocycles. The molecule has 0 radical (unpaired) electrons. The second-order valence-electron chi connectivity index (χ2n) is 6.86. The summed E-state index contributed by atoms with van der Waals surface area (Å²) >= 11 is 0. The first-order valence-corrected chi connectivity index (χ1v) is 8.61. The van der Waals surface area contributed by atoms with Crippen molar-refractivity contribution in [1.82, 2.24) is 9.80 Å². The minimum absolute atomic E-state index is 0.588. The van der Waals surface area contributed by atoms with Gasteiger partial charge in [-0.15, -0.1) is 0 Å². The second-order valence-corrected chi connectivity index (χ2v) is 6.86. The zero-order chi connectivity index (χ0) is 14.1. The zero-order valence-electron chi connectivity index (χ0n) is 12.8. The molecule has 2 saturated heterocycles. The van der Waals surface area contributed by atoms with E-state index in [0.717, 1.165) is 12.1 Å². The van der Waals surface area contributed by atoms with Crippen molar-refractivity contribution < 1.29 is 0 Å². The van der Waals surface area contributed by atoms with E-state index in [1.807, 2.05) is 0 Å². The number of hydrogen-bond donors (Lipinski definition) is 0. The summed E-state index contributed by atoms with van der Waals surface area (Å²) in [5, 5.41) is 0. The predicted molar refractivity (Wildman–Crippen MR) is 87.3 cm³/mol. The average Bonchev–Trinajstić information content (AvgIpc) is 3.09. The van der Waals surface area contributed by atoms with Crippen LogP contribution < -0.4 is 0 Å². The van der Waals surface area contributed by atoms with E-state index < -0.39 is 0 Å². The summed E-state index contributed by atoms with van der Waals surface area (Å²) in [6.45, 7) is 3.81. The highest BCUT2D eigenvalue weighted by Crippen LogP contribution is 2.35. The number of hydrogen-bond acceptors (Lipinski definition) is 2. The number of fused-ring (bicyclic) bond motifs is 1. The van der Waals surface area contributed by atoms with E-state index in [-0.39, 0.29) is 0 Å². The fourth-order valence-corrected chi connectivity index (χ4v) is 4.45. The van der Waals surface area contributed by atoms with E-state index in [1.54, 1.807) is 0 Å². The Morgan fingerprint density at radius 1 is 0.857 bits per heavy atom. The molecule has 4 rings (SSSR count). The van der Waals surface area contributed by atoms with E-state index in [2.05, 4.69) is 52.3 Å². The van der Waals surface area contributed by atoms with Crippen LogP contribution in [-0.4, -0.2) is 41.5 Å². The van der Waals surface area contributed by atoms with Gasteiger partial charge in [0.1, 0.15) is 0 Å². The number of piperidine rings is 1. The van der Waals surface area contributed by atoms with Crippen LogP contribution in [0.5, 0.6) is 0 Å². The van der Waals surface area contributed by atoms with Gasteiger partial charge in [-0.25, -0.2) is 0 Å². The molecule has 0 spiro atoms. The van der Waals surface area contributed by atoms with Crippen molar-refractivity contribution >= 4 is 0 Å². The smallest absolute Gasteiger partial charge is 0.0479 e. The van der Waals surface area contributed by atoms with Crippen molar-refractivity contribution in [2.45, 2.75) is 50.2 Å². The molecule has 2 heteroatoms. The fourth-order valence-electron chi connectivity index (χ4n) is 4.45. The molecule has 0 N–H and O–H groups in total. The van der Waals surface area contributed by atoms with Crippen LogP contribution in [0.25, 0.3) is 0 Å². The Hall–Kier alpha value is -1.12. The SMILES string of the molecule is C1=CCC(N2CC3CCCCN3CC2c2ccccc2)C1. The van der Waals surface area contributed by atoms with Crippen molar-refractivity contribution in [1.29, 1.82) is 0 Å². The molecule has 0 amide bonds. The maximum absolute atomic E-state index is 2.82. The Morgan fingerprint density at radius 2 is 1.67 bits per heavy atom. The molecular formula is C19H26N2. The number of nitrogens with zero attached hydrogens (tertiary/aromatic N) is 2. The molecule has 1 aromatic carbocycles. The third kappa shape index (κ3) is 2.67. The van der Waals surface area contributed by atoms with Gasteiger partial charge in [0.25, 0.3) is 0 Å². The molecule has 0 bridgehead atoms. The Kier molecular flexibility index (Phi) is 3.83. The van der Waals surface area contributed by atoms with Crippen molar-refractivity contribution in [3.8, 4) is 0 Å². The highest BCUT2D eigenvalue weighted by molar-refractivity contribution is 5.21. The highest BCUT2D eigenvalue weighted by atomic mass is 15.3. The Bertz CT molecular complexity index is 488. The van der Waals surface area contributed by atoms with Gasteiger partial charge in [-0.2, -0.15) is 0 Å². The third-order valence-electron chi connectivity index (χ3n) is 5.61. The quantitative estimate of drug-likeness (QED) is 0.765. The molecule has 2 atom stereocenters. The monoisotopic (exact) mass is 282 g/mol. The lowest BCUT2D eigenvalue weighted by Crippen LogP contribution is -2.58. The van der Waals surface area contributed by atoms with E-state index in [0.29, 0.717) is 6.04 Å². The lowest BCUT2D eigenvalue weighted by atomic mass is 9.92. The minimum atomic E-state index is 0.588. The van der Waals surface area contributed by atoms with Crippen molar-refractivity contribution in [3.63, 3.8) is 0 Å². The Labute approximate surface area is 128 Å². The molecule has 3 aliphatic rings.